The van der Waals surface area contributed by atoms with E-state index in [0.717, 1.165) is 11.5 Å². The van der Waals surface area contributed by atoms with Crippen molar-refractivity contribution in [3.8, 4) is 5.75 Å². The second-order valence-corrected chi connectivity index (χ2v) is 7.89. The summed E-state index contributed by atoms with van der Waals surface area (Å²) >= 11 is 0. The van der Waals surface area contributed by atoms with Gasteiger partial charge in [0.1, 0.15) is 18.1 Å². The quantitative estimate of drug-likeness (QED) is 0.681. The van der Waals surface area contributed by atoms with Gasteiger partial charge in [-0.25, -0.2) is 9.48 Å². The molecule has 5 nitrogen and oxygen atoms in total. The van der Waals surface area contributed by atoms with Crippen LogP contribution in [0.5, 0.6) is 5.75 Å². The first-order valence-corrected chi connectivity index (χ1v) is 8.18. The number of para-hydroxylation sites is 1. The Balaban J connectivity index is 2.11. The minimum absolute atomic E-state index is 0.0581. The Bertz CT molecular complexity index is 692. The second kappa shape index (κ2) is 6.67. The molecule has 1 aromatic carbocycles. The van der Waals surface area contributed by atoms with Crippen molar-refractivity contribution in [2.45, 2.75) is 52.5 Å². The van der Waals surface area contributed by atoms with Crippen molar-refractivity contribution < 1.29 is 9.53 Å². The average Bonchev–Trinajstić information content (AvgIpc) is 2.90. The molecular formula is C19H27N3O2. The number of rotatable bonds is 4. The number of benzene rings is 1. The Labute approximate surface area is 144 Å². The van der Waals surface area contributed by atoms with Gasteiger partial charge in [0.25, 0.3) is 0 Å². The van der Waals surface area contributed by atoms with Gasteiger partial charge in [0.05, 0.1) is 11.2 Å². The number of aromatic nitrogens is 2. The van der Waals surface area contributed by atoms with Crippen LogP contribution in [0.1, 0.15) is 47.2 Å². The van der Waals surface area contributed by atoms with Gasteiger partial charge in [-0.2, -0.15) is 5.10 Å². The molecule has 0 amide bonds. The lowest BCUT2D eigenvalue weighted by molar-refractivity contribution is -0.132. The monoisotopic (exact) mass is 329 g/mol. The third-order valence-electron chi connectivity index (χ3n) is 3.50. The predicted molar refractivity (Wildman–Crippen MR) is 96.5 cm³/mol. The van der Waals surface area contributed by atoms with Gasteiger partial charge in [-0.05, 0) is 32.9 Å². The number of nitrogens with one attached hydrogen (secondary N) is 1. The molecule has 0 aliphatic carbocycles. The summed E-state index contributed by atoms with van der Waals surface area (Å²) in [4.78, 5) is 12.0. The van der Waals surface area contributed by atoms with Crippen LogP contribution < -0.4 is 10.1 Å². The Morgan fingerprint density at radius 3 is 2.29 bits per heavy atom. The molecule has 0 atom stereocenters. The summed E-state index contributed by atoms with van der Waals surface area (Å²) < 4.78 is 7.22. The highest BCUT2D eigenvalue weighted by Gasteiger charge is 2.25. The summed E-state index contributed by atoms with van der Waals surface area (Å²) in [7, 11) is 0. The zero-order valence-corrected chi connectivity index (χ0v) is 15.4. The van der Waals surface area contributed by atoms with Gasteiger partial charge in [0.15, 0.2) is 0 Å². The van der Waals surface area contributed by atoms with Crippen LogP contribution in [0.15, 0.2) is 36.4 Å². The third kappa shape index (κ3) is 4.60. The molecule has 1 heterocycles. The van der Waals surface area contributed by atoms with Gasteiger partial charge < -0.3 is 10.1 Å². The highest BCUT2D eigenvalue weighted by Crippen LogP contribution is 2.28. The Morgan fingerprint density at radius 2 is 1.75 bits per heavy atom. The lowest BCUT2D eigenvalue weighted by atomic mass is 9.92. The molecule has 0 fully saturated rings. The van der Waals surface area contributed by atoms with Gasteiger partial charge in [-0.3, -0.25) is 0 Å². The molecule has 2 aromatic rings. The maximum atomic E-state index is 12.0. The molecule has 130 valence electrons. The molecule has 5 heteroatoms. The van der Waals surface area contributed by atoms with Crippen LogP contribution in [-0.4, -0.2) is 22.3 Å². The zero-order chi connectivity index (χ0) is 18.0. The van der Waals surface area contributed by atoms with Crippen molar-refractivity contribution in [2.75, 3.05) is 11.9 Å². The molecule has 0 spiro atoms. The minimum atomic E-state index is -0.333. The minimum Gasteiger partial charge on any atom is -0.425 e. The van der Waals surface area contributed by atoms with E-state index in [1.807, 2.05) is 28.9 Å². The van der Waals surface area contributed by atoms with E-state index in [-0.39, 0.29) is 23.5 Å². The largest absolute Gasteiger partial charge is 0.425 e. The van der Waals surface area contributed by atoms with Crippen molar-refractivity contribution >= 4 is 11.8 Å². The van der Waals surface area contributed by atoms with Gasteiger partial charge in [-0.15, -0.1) is 0 Å². The Hall–Kier alpha value is -2.30. The number of carbonyl (C=O) groups is 1. The first-order chi connectivity index (χ1) is 11.1. The molecular weight excluding hydrogens is 302 g/mol. The summed E-state index contributed by atoms with van der Waals surface area (Å²) in [6.07, 6.45) is 0. The van der Waals surface area contributed by atoms with Crippen LogP contribution in [0.25, 0.3) is 0 Å². The second-order valence-electron chi connectivity index (χ2n) is 7.89. The number of hydrogen-bond acceptors (Lipinski definition) is 4. The standard InChI is InChI=1S/C19H27N3O2/c1-18(2,3)15-12-16(22(21-15)19(4,5)6)20-13-17(23)24-14-10-8-7-9-11-14/h7-12,20H,13H2,1-6H3. The van der Waals surface area contributed by atoms with Gasteiger partial charge in [-0.1, -0.05) is 39.0 Å². The van der Waals surface area contributed by atoms with Crippen molar-refractivity contribution in [1.29, 1.82) is 0 Å². The fourth-order valence-electron chi connectivity index (χ4n) is 2.20. The van der Waals surface area contributed by atoms with E-state index >= 15 is 0 Å². The SMILES string of the molecule is CC(C)(C)c1cc(NCC(=O)Oc2ccccc2)n(C(C)(C)C)n1. The van der Waals surface area contributed by atoms with Crippen molar-refractivity contribution in [3.63, 3.8) is 0 Å². The molecule has 0 radical (unpaired) electrons. The van der Waals surface area contributed by atoms with Gasteiger partial charge in [0, 0.05) is 11.5 Å². The summed E-state index contributed by atoms with van der Waals surface area (Å²) in [5.74, 6) is 1.03. The molecule has 0 saturated heterocycles. The van der Waals surface area contributed by atoms with Crippen LogP contribution in [-0.2, 0) is 15.7 Å². The van der Waals surface area contributed by atoms with Crippen LogP contribution in [0.4, 0.5) is 5.82 Å². The molecule has 0 aliphatic heterocycles. The summed E-state index contributed by atoms with van der Waals surface area (Å²) in [6.45, 7) is 12.7. The van der Waals surface area contributed by atoms with Crippen molar-refractivity contribution in [2.24, 2.45) is 0 Å². The number of nitrogens with zero attached hydrogens (tertiary/aromatic N) is 2. The molecule has 2 rings (SSSR count). The number of anilines is 1. The number of hydrogen-bond donors (Lipinski definition) is 1. The van der Waals surface area contributed by atoms with E-state index < -0.39 is 0 Å². The lowest BCUT2D eigenvalue weighted by Crippen LogP contribution is -2.28. The van der Waals surface area contributed by atoms with Crippen molar-refractivity contribution in [1.82, 2.24) is 9.78 Å². The average molecular weight is 329 g/mol. The maximum absolute atomic E-state index is 12.0. The summed E-state index contributed by atoms with van der Waals surface area (Å²) in [5, 5.41) is 7.87. The Kier molecular flexibility index (Phi) is 5.02. The summed E-state index contributed by atoms with van der Waals surface area (Å²) in [6, 6.07) is 11.1. The highest BCUT2D eigenvalue weighted by atomic mass is 16.5. The lowest BCUT2D eigenvalue weighted by Gasteiger charge is -2.23. The molecule has 24 heavy (non-hydrogen) atoms. The van der Waals surface area contributed by atoms with E-state index in [2.05, 4.69) is 46.9 Å². The van der Waals surface area contributed by atoms with Crippen molar-refractivity contribution in [3.05, 3.63) is 42.1 Å². The normalized spacial score (nSPS) is 12.1. The van der Waals surface area contributed by atoms with E-state index in [0.29, 0.717) is 5.75 Å². The zero-order valence-electron chi connectivity index (χ0n) is 15.4. The van der Waals surface area contributed by atoms with Gasteiger partial charge in [0.2, 0.25) is 0 Å². The predicted octanol–water partition coefficient (Wildman–Crippen LogP) is 3.95. The molecule has 0 aliphatic rings. The molecule has 0 bridgehead atoms. The first-order valence-electron chi connectivity index (χ1n) is 8.18. The molecule has 0 unspecified atom stereocenters. The number of carbonyl (C=O) groups excluding carboxylic acids is 1. The topological polar surface area (TPSA) is 56.1 Å². The number of ether oxygens (including phenoxy) is 1. The van der Waals surface area contributed by atoms with Crippen LogP contribution in [0.2, 0.25) is 0 Å². The van der Waals surface area contributed by atoms with Crippen LogP contribution >= 0.6 is 0 Å². The highest BCUT2D eigenvalue weighted by molar-refractivity contribution is 5.77. The molecule has 1 aromatic heterocycles. The van der Waals surface area contributed by atoms with E-state index in [1.54, 1.807) is 12.1 Å². The fourth-order valence-corrected chi connectivity index (χ4v) is 2.20. The number of esters is 1. The first kappa shape index (κ1) is 18.0. The Morgan fingerprint density at radius 1 is 1.12 bits per heavy atom. The molecule has 1 N–H and O–H groups in total. The maximum Gasteiger partial charge on any atom is 0.330 e. The fraction of sp³-hybridized carbons (Fsp3) is 0.474. The van der Waals surface area contributed by atoms with Crippen LogP contribution in [0, 0.1) is 0 Å². The van der Waals surface area contributed by atoms with Crippen LogP contribution in [0.3, 0.4) is 0 Å². The smallest absolute Gasteiger partial charge is 0.330 e. The van der Waals surface area contributed by atoms with E-state index in [9.17, 15) is 4.79 Å². The third-order valence-corrected chi connectivity index (χ3v) is 3.50. The van der Waals surface area contributed by atoms with E-state index in [1.165, 1.54) is 0 Å². The van der Waals surface area contributed by atoms with Gasteiger partial charge >= 0.3 is 5.97 Å². The summed E-state index contributed by atoms with van der Waals surface area (Å²) in [5.41, 5.74) is 0.739. The van der Waals surface area contributed by atoms with E-state index in [4.69, 9.17) is 9.84 Å². The molecule has 0 saturated carbocycles.